The van der Waals surface area contributed by atoms with E-state index in [1.807, 2.05) is 0 Å². The summed E-state index contributed by atoms with van der Waals surface area (Å²) in [7, 11) is 0. The number of aromatic nitrogens is 4. The molecule has 0 unspecified atom stereocenters. The highest BCUT2D eigenvalue weighted by Crippen LogP contribution is 2.25. The summed E-state index contributed by atoms with van der Waals surface area (Å²) in [6, 6.07) is 0. The molecule has 2 aromatic heterocycles. The largest absolute Gasteiger partial charge is 0.368 e. The maximum absolute atomic E-state index is 11.0. The average molecular weight is 234 g/mol. The van der Waals surface area contributed by atoms with E-state index < -0.39 is 4.92 Å². The summed E-state index contributed by atoms with van der Waals surface area (Å²) >= 11 is 0. The third-order valence-electron chi connectivity index (χ3n) is 2.29. The molecule has 0 fully saturated rings. The molecule has 17 heavy (non-hydrogen) atoms. The highest BCUT2D eigenvalue weighted by molar-refractivity contribution is 5.53. The Morgan fingerprint density at radius 1 is 1.41 bits per heavy atom. The molecule has 0 saturated carbocycles. The predicted molar refractivity (Wildman–Crippen MR) is 59.7 cm³/mol. The first-order valence-corrected chi connectivity index (χ1v) is 4.79. The fourth-order valence-corrected chi connectivity index (χ4v) is 1.56. The van der Waals surface area contributed by atoms with E-state index in [-0.39, 0.29) is 23.1 Å². The fraction of sp³-hybridized carbons (Fsp3) is 0.222. The molecule has 0 aliphatic rings. The van der Waals surface area contributed by atoms with Crippen molar-refractivity contribution in [2.24, 2.45) is 0 Å². The SMILES string of the molecule is Cc1nc(N)nc(-n2ccnc2C)c1[N+](=O)[O-]. The van der Waals surface area contributed by atoms with Gasteiger partial charge >= 0.3 is 5.69 Å². The van der Waals surface area contributed by atoms with E-state index in [1.54, 1.807) is 13.1 Å². The van der Waals surface area contributed by atoms with Crippen LogP contribution in [0.3, 0.4) is 0 Å². The molecule has 2 N–H and O–H groups in total. The third kappa shape index (κ3) is 1.80. The molecule has 0 amide bonds. The van der Waals surface area contributed by atoms with Gasteiger partial charge in [-0.25, -0.2) is 9.97 Å². The van der Waals surface area contributed by atoms with Gasteiger partial charge in [0.25, 0.3) is 0 Å². The fourth-order valence-electron chi connectivity index (χ4n) is 1.56. The molecule has 0 atom stereocenters. The zero-order valence-electron chi connectivity index (χ0n) is 9.28. The van der Waals surface area contributed by atoms with Crippen LogP contribution in [0.5, 0.6) is 0 Å². The zero-order valence-corrected chi connectivity index (χ0v) is 9.28. The Morgan fingerprint density at radius 3 is 2.65 bits per heavy atom. The van der Waals surface area contributed by atoms with E-state index in [9.17, 15) is 10.1 Å². The molecule has 0 aliphatic carbocycles. The molecule has 0 spiro atoms. The van der Waals surface area contributed by atoms with Gasteiger partial charge in [0.1, 0.15) is 11.5 Å². The van der Waals surface area contributed by atoms with Crippen molar-refractivity contribution in [3.63, 3.8) is 0 Å². The van der Waals surface area contributed by atoms with Crippen molar-refractivity contribution in [3.8, 4) is 5.82 Å². The van der Waals surface area contributed by atoms with Crippen LogP contribution in [0, 0.1) is 24.0 Å². The second kappa shape index (κ2) is 3.81. The first kappa shape index (κ1) is 11.0. The maximum atomic E-state index is 11.0. The van der Waals surface area contributed by atoms with Crippen molar-refractivity contribution in [1.29, 1.82) is 0 Å². The first-order valence-electron chi connectivity index (χ1n) is 4.79. The van der Waals surface area contributed by atoms with Gasteiger partial charge in [0.05, 0.1) is 4.92 Å². The molecule has 88 valence electrons. The Kier molecular flexibility index (Phi) is 2.47. The van der Waals surface area contributed by atoms with Crippen LogP contribution in [0.4, 0.5) is 11.6 Å². The Morgan fingerprint density at radius 2 is 2.12 bits per heavy atom. The third-order valence-corrected chi connectivity index (χ3v) is 2.29. The molecular weight excluding hydrogens is 224 g/mol. The zero-order chi connectivity index (χ0) is 12.6. The summed E-state index contributed by atoms with van der Waals surface area (Å²) in [6.45, 7) is 3.24. The number of hydrogen-bond acceptors (Lipinski definition) is 6. The standard InChI is InChI=1S/C9H10N6O2/c1-5-7(15(16)17)8(13-9(10)12-5)14-4-3-11-6(14)2/h3-4H,1-2H3,(H2,10,12,13). The molecule has 0 aliphatic heterocycles. The Balaban J connectivity index is 2.76. The van der Waals surface area contributed by atoms with Crippen LogP contribution in [0.25, 0.3) is 5.82 Å². The van der Waals surface area contributed by atoms with Gasteiger partial charge in [-0.1, -0.05) is 0 Å². The van der Waals surface area contributed by atoms with Gasteiger partial charge < -0.3 is 5.73 Å². The first-order chi connectivity index (χ1) is 8.00. The number of anilines is 1. The number of imidazole rings is 1. The van der Waals surface area contributed by atoms with Gasteiger partial charge in [-0.3, -0.25) is 14.7 Å². The highest BCUT2D eigenvalue weighted by atomic mass is 16.6. The number of nitrogens with zero attached hydrogens (tertiary/aromatic N) is 5. The van der Waals surface area contributed by atoms with E-state index in [0.29, 0.717) is 5.82 Å². The normalized spacial score (nSPS) is 10.5. The van der Waals surface area contributed by atoms with Crippen LogP contribution in [-0.4, -0.2) is 24.4 Å². The lowest BCUT2D eigenvalue weighted by molar-refractivity contribution is -0.385. The van der Waals surface area contributed by atoms with Crippen LogP contribution in [0.1, 0.15) is 11.5 Å². The summed E-state index contributed by atoms with van der Waals surface area (Å²) in [5, 5.41) is 11.0. The maximum Gasteiger partial charge on any atom is 0.333 e. The number of rotatable bonds is 2. The number of nitro groups is 1. The Labute approximate surface area is 96.3 Å². The lowest BCUT2D eigenvalue weighted by Crippen LogP contribution is -2.09. The second-order valence-electron chi connectivity index (χ2n) is 3.44. The predicted octanol–water partition coefficient (Wildman–Crippen LogP) is 0.770. The molecule has 0 aromatic carbocycles. The molecule has 2 aromatic rings. The highest BCUT2D eigenvalue weighted by Gasteiger charge is 2.23. The molecule has 2 heterocycles. The van der Waals surface area contributed by atoms with Crippen molar-refractivity contribution in [1.82, 2.24) is 19.5 Å². The van der Waals surface area contributed by atoms with E-state index >= 15 is 0 Å². The van der Waals surface area contributed by atoms with Gasteiger partial charge in [0.15, 0.2) is 0 Å². The summed E-state index contributed by atoms with van der Waals surface area (Å²) in [6.07, 6.45) is 3.12. The minimum atomic E-state index is -0.524. The van der Waals surface area contributed by atoms with Crippen molar-refractivity contribution < 1.29 is 4.92 Å². The monoisotopic (exact) mass is 234 g/mol. The molecule has 2 rings (SSSR count). The van der Waals surface area contributed by atoms with Gasteiger partial charge in [-0.2, -0.15) is 4.98 Å². The van der Waals surface area contributed by atoms with E-state index in [1.165, 1.54) is 17.7 Å². The molecule has 8 heteroatoms. The number of aryl methyl sites for hydroxylation is 2. The summed E-state index contributed by atoms with van der Waals surface area (Å²) in [5.41, 5.74) is 5.57. The van der Waals surface area contributed by atoms with Crippen LogP contribution in [0.2, 0.25) is 0 Å². The lowest BCUT2D eigenvalue weighted by Gasteiger charge is -2.07. The van der Waals surface area contributed by atoms with Gasteiger partial charge in [0.2, 0.25) is 11.8 Å². The summed E-state index contributed by atoms with van der Waals surface area (Å²) in [5.74, 6) is 0.719. The lowest BCUT2D eigenvalue weighted by atomic mass is 10.3. The topological polar surface area (TPSA) is 113 Å². The van der Waals surface area contributed by atoms with Gasteiger partial charge in [-0.05, 0) is 13.8 Å². The number of nitrogen functional groups attached to an aromatic ring is 1. The minimum Gasteiger partial charge on any atom is -0.368 e. The molecule has 0 bridgehead atoms. The van der Waals surface area contributed by atoms with Crippen molar-refractivity contribution in [2.45, 2.75) is 13.8 Å². The second-order valence-corrected chi connectivity index (χ2v) is 3.44. The van der Waals surface area contributed by atoms with Crippen molar-refractivity contribution in [3.05, 3.63) is 34.0 Å². The van der Waals surface area contributed by atoms with Gasteiger partial charge in [-0.15, -0.1) is 0 Å². The Hall–Kier alpha value is -2.51. The summed E-state index contributed by atoms with van der Waals surface area (Å²) < 4.78 is 1.50. The smallest absolute Gasteiger partial charge is 0.333 e. The summed E-state index contributed by atoms with van der Waals surface area (Å²) in [4.78, 5) is 22.2. The number of hydrogen-bond donors (Lipinski definition) is 1. The minimum absolute atomic E-state index is 0.00352. The van der Waals surface area contributed by atoms with E-state index in [0.717, 1.165) is 0 Å². The van der Waals surface area contributed by atoms with Crippen LogP contribution >= 0.6 is 0 Å². The molecular formula is C9H10N6O2. The Bertz CT molecular complexity index is 591. The van der Waals surface area contributed by atoms with Crippen molar-refractivity contribution >= 4 is 11.6 Å². The van der Waals surface area contributed by atoms with E-state index in [2.05, 4.69) is 15.0 Å². The van der Waals surface area contributed by atoms with Gasteiger partial charge in [0, 0.05) is 12.4 Å². The van der Waals surface area contributed by atoms with E-state index in [4.69, 9.17) is 5.73 Å². The molecule has 8 nitrogen and oxygen atoms in total. The molecule has 0 radical (unpaired) electrons. The van der Waals surface area contributed by atoms with Crippen LogP contribution in [0.15, 0.2) is 12.4 Å². The average Bonchev–Trinajstić information content (AvgIpc) is 2.62. The molecule has 0 saturated heterocycles. The van der Waals surface area contributed by atoms with Crippen molar-refractivity contribution in [2.75, 3.05) is 5.73 Å². The van der Waals surface area contributed by atoms with Crippen LogP contribution < -0.4 is 5.73 Å². The number of nitrogens with two attached hydrogens (primary N) is 1. The van der Waals surface area contributed by atoms with Crippen LogP contribution in [-0.2, 0) is 0 Å². The quantitative estimate of drug-likeness (QED) is 0.606.